The predicted octanol–water partition coefficient (Wildman–Crippen LogP) is 8.08. The molecule has 0 aliphatic heterocycles. The quantitative estimate of drug-likeness (QED) is 0.0359. The Morgan fingerprint density at radius 2 is 0.987 bits per heavy atom. The molecule has 0 saturated carbocycles. The molecule has 0 spiro atoms. The minimum absolute atomic E-state index is 0.000251. The molecule has 0 bridgehead atoms. The second kappa shape index (κ2) is 25.1. The Labute approximate surface area is 441 Å². The highest BCUT2D eigenvalue weighted by molar-refractivity contribution is 7.44. The molecule has 0 fully saturated rings. The van der Waals surface area contributed by atoms with E-state index in [0.29, 0.717) is 37.3 Å². The summed E-state index contributed by atoms with van der Waals surface area (Å²) in [6.45, 7) is 9.85. The van der Waals surface area contributed by atoms with Crippen LogP contribution in [0, 0.1) is 25.2 Å². The highest BCUT2D eigenvalue weighted by atomic mass is 31.2. The first kappa shape index (κ1) is 55.9. The van der Waals surface area contributed by atoms with Gasteiger partial charge in [0.1, 0.15) is 29.3 Å². The van der Waals surface area contributed by atoms with Crippen molar-refractivity contribution in [2.75, 3.05) is 20.8 Å². The topological polar surface area (TPSA) is 195 Å². The molecule has 0 amide bonds. The molecule has 5 aromatic carbocycles. The zero-order chi connectivity index (χ0) is 54.7. The van der Waals surface area contributed by atoms with E-state index >= 15 is 4.79 Å². The van der Waals surface area contributed by atoms with Crippen LogP contribution in [-0.2, 0) is 32.5 Å². The molecule has 17 nitrogen and oxygen atoms in total. The van der Waals surface area contributed by atoms with E-state index in [0.717, 1.165) is 0 Å². The standard InChI is InChI=1S/C58H61N6O11P/c1-39(2)64(40(3)4)76(73-34-18-33-59)75-51(38-61-36-42(6)53(66)63(57(61)70)55(68)44-21-14-10-15-22-44)50(37-60-35-41(5)52(65)62(56(60)69)54(67)43-19-12-9-13-20-43)74-58(45-23-16-11-17-24-45,46-25-29-48(71-7)30-26-46)47-27-31-49(72-8)32-28-47/h9-17,19-32,35-36,39-40,50-51H,18,34,37-38H2,1-8H3/t50-,51-,76?/m1/s1. The molecule has 7 rings (SSSR count). The lowest BCUT2D eigenvalue weighted by Gasteiger charge is -2.43. The fourth-order valence-electron chi connectivity index (χ4n) is 9.01. The lowest BCUT2D eigenvalue weighted by atomic mass is 9.79. The molecule has 0 N–H and O–H groups in total. The Morgan fingerprint density at radius 3 is 1.38 bits per heavy atom. The highest BCUT2D eigenvalue weighted by Gasteiger charge is 2.44. The molecular weight excluding hydrogens is 988 g/mol. The molecule has 3 atom stereocenters. The maximum Gasteiger partial charge on any atom is 0.338 e. The summed E-state index contributed by atoms with van der Waals surface area (Å²) in [5.74, 6) is -0.633. The van der Waals surface area contributed by atoms with Crippen LogP contribution in [0.15, 0.2) is 171 Å². The first-order chi connectivity index (χ1) is 36.5. The number of carbonyl (C=O) groups is 2. The molecule has 0 radical (unpaired) electrons. The summed E-state index contributed by atoms with van der Waals surface area (Å²) in [5.41, 5.74) is -3.25. The summed E-state index contributed by atoms with van der Waals surface area (Å²) in [6, 6.07) is 41.4. The van der Waals surface area contributed by atoms with Crippen LogP contribution in [0.2, 0.25) is 0 Å². The van der Waals surface area contributed by atoms with Gasteiger partial charge < -0.3 is 23.3 Å². The zero-order valence-corrected chi connectivity index (χ0v) is 44.6. The molecule has 0 saturated heterocycles. The number of hydrogen-bond acceptors (Lipinski definition) is 13. The molecule has 7 aromatic rings. The summed E-state index contributed by atoms with van der Waals surface area (Å²) in [5, 5.41) is 9.73. The average molecular weight is 1050 g/mol. The summed E-state index contributed by atoms with van der Waals surface area (Å²) in [7, 11) is 0.900. The first-order valence-electron chi connectivity index (χ1n) is 24.7. The Balaban J connectivity index is 1.58. The number of benzene rings is 5. The SMILES string of the molecule is COc1ccc(C(O[C@H](Cn2cc(C)c(=O)n(C(=O)c3ccccc3)c2=O)[C@@H](Cn2cc(C)c(=O)n(C(=O)c3ccccc3)c2=O)OP(OCCC#N)N(C(C)C)C(C)C)(c2ccccc2)c2ccc(OC)cc2)cc1. The minimum atomic E-state index is -2.20. The van der Waals surface area contributed by atoms with Crippen molar-refractivity contribution < 1.29 is 32.8 Å². The maximum atomic E-state index is 15.1. The Bertz CT molecular complexity index is 3350. The van der Waals surface area contributed by atoms with E-state index in [1.807, 2.05) is 87.0 Å². The van der Waals surface area contributed by atoms with Gasteiger partial charge in [0, 0.05) is 46.7 Å². The van der Waals surface area contributed by atoms with Crippen molar-refractivity contribution in [1.29, 1.82) is 5.26 Å². The van der Waals surface area contributed by atoms with Gasteiger partial charge in [-0.25, -0.2) is 14.3 Å². The number of nitriles is 1. The van der Waals surface area contributed by atoms with Crippen molar-refractivity contribution in [3.8, 4) is 17.6 Å². The third-order valence-electron chi connectivity index (χ3n) is 12.7. The summed E-state index contributed by atoms with van der Waals surface area (Å²) >= 11 is 0. The van der Waals surface area contributed by atoms with E-state index in [4.69, 9.17) is 23.3 Å². The summed E-state index contributed by atoms with van der Waals surface area (Å²) < 4.78 is 38.5. The van der Waals surface area contributed by atoms with Crippen LogP contribution in [0.5, 0.6) is 11.5 Å². The maximum absolute atomic E-state index is 15.1. The van der Waals surface area contributed by atoms with Crippen LogP contribution < -0.4 is 32.0 Å². The normalized spacial score (nSPS) is 12.8. The number of ether oxygens (including phenoxy) is 3. The van der Waals surface area contributed by atoms with Crippen LogP contribution in [-0.4, -0.2) is 79.9 Å². The Hall–Kier alpha value is -7.84. The van der Waals surface area contributed by atoms with Crippen LogP contribution in [0.25, 0.3) is 0 Å². The number of nitrogens with zero attached hydrogens (tertiary/aromatic N) is 6. The highest BCUT2D eigenvalue weighted by Crippen LogP contribution is 2.49. The number of carbonyl (C=O) groups excluding carboxylic acids is 2. The zero-order valence-electron chi connectivity index (χ0n) is 43.7. The van der Waals surface area contributed by atoms with Gasteiger partial charge in [-0.3, -0.25) is 28.3 Å². The average Bonchev–Trinajstić information content (AvgIpc) is 3.44. The smallest absolute Gasteiger partial charge is 0.338 e. The van der Waals surface area contributed by atoms with Crippen molar-refractivity contribution >= 4 is 20.3 Å². The molecular formula is C58H61N6O11P. The van der Waals surface area contributed by atoms with Gasteiger partial charge in [0.2, 0.25) is 0 Å². The van der Waals surface area contributed by atoms with Gasteiger partial charge in [0.15, 0.2) is 0 Å². The molecule has 18 heteroatoms. The van der Waals surface area contributed by atoms with Crippen molar-refractivity contribution in [3.05, 3.63) is 233 Å². The number of methoxy groups -OCH3 is 2. The van der Waals surface area contributed by atoms with Crippen molar-refractivity contribution in [2.24, 2.45) is 0 Å². The van der Waals surface area contributed by atoms with Crippen molar-refractivity contribution in [3.63, 3.8) is 0 Å². The largest absolute Gasteiger partial charge is 0.497 e. The van der Waals surface area contributed by atoms with Gasteiger partial charge >= 0.3 is 11.4 Å². The molecule has 0 aliphatic rings. The van der Waals surface area contributed by atoms with E-state index in [-0.39, 0.29) is 47.4 Å². The molecule has 0 aliphatic carbocycles. The van der Waals surface area contributed by atoms with Gasteiger partial charge in [-0.2, -0.15) is 14.4 Å². The fourth-order valence-corrected chi connectivity index (χ4v) is 10.8. The van der Waals surface area contributed by atoms with Crippen molar-refractivity contribution in [1.82, 2.24) is 22.9 Å². The van der Waals surface area contributed by atoms with E-state index in [1.54, 1.807) is 74.9 Å². The van der Waals surface area contributed by atoms with Crippen molar-refractivity contribution in [2.45, 2.75) is 90.9 Å². The summed E-state index contributed by atoms with van der Waals surface area (Å²) in [4.78, 5) is 86.4. The molecule has 2 heterocycles. The fraction of sp³-hybridized carbons (Fsp3) is 0.293. The second-order valence-electron chi connectivity index (χ2n) is 18.5. The van der Waals surface area contributed by atoms with Gasteiger partial charge in [0.25, 0.3) is 31.5 Å². The van der Waals surface area contributed by atoms with E-state index < -0.39 is 73.7 Å². The third-order valence-corrected chi connectivity index (χ3v) is 14.8. The monoisotopic (exact) mass is 1050 g/mol. The minimum Gasteiger partial charge on any atom is -0.497 e. The number of aryl methyl sites for hydroxylation is 2. The molecule has 76 heavy (non-hydrogen) atoms. The lowest BCUT2D eigenvalue weighted by Crippen LogP contribution is -2.51. The van der Waals surface area contributed by atoms with Crippen LogP contribution in [0.3, 0.4) is 0 Å². The summed E-state index contributed by atoms with van der Waals surface area (Å²) in [6.07, 6.45) is -0.129. The van der Waals surface area contributed by atoms with E-state index in [9.17, 15) is 29.2 Å². The van der Waals surface area contributed by atoms with Gasteiger partial charge in [0.05, 0.1) is 46.4 Å². The lowest BCUT2D eigenvalue weighted by molar-refractivity contribution is -0.108. The number of hydrogen-bond donors (Lipinski definition) is 0. The Morgan fingerprint density at radius 1 is 0.592 bits per heavy atom. The van der Waals surface area contributed by atoms with E-state index in [1.165, 1.54) is 59.6 Å². The Kier molecular flexibility index (Phi) is 18.5. The van der Waals surface area contributed by atoms with Crippen LogP contribution in [0.1, 0.15) is 82.6 Å². The third kappa shape index (κ3) is 12.1. The predicted molar refractivity (Wildman–Crippen MR) is 289 cm³/mol. The van der Waals surface area contributed by atoms with Gasteiger partial charge in [-0.1, -0.05) is 91.0 Å². The van der Waals surface area contributed by atoms with Crippen LogP contribution >= 0.6 is 8.53 Å². The van der Waals surface area contributed by atoms with Gasteiger partial charge in [-0.05, 0) is 107 Å². The molecule has 2 aromatic heterocycles. The second-order valence-corrected chi connectivity index (χ2v) is 19.9. The van der Waals surface area contributed by atoms with Crippen LogP contribution in [0.4, 0.5) is 0 Å². The number of aromatic nitrogens is 4. The van der Waals surface area contributed by atoms with Gasteiger partial charge in [-0.15, -0.1) is 0 Å². The van der Waals surface area contributed by atoms with E-state index in [2.05, 4.69) is 6.07 Å². The molecule has 394 valence electrons. The first-order valence-corrected chi connectivity index (χ1v) is 25.8. The molecule has 1 unspecified atom stereocenters. The number of rotatable bonds is 22.